The highest BCUT2D eigenvalue weighted by Crippen LogP contribution is 2.36. The van der Waals surface area contributed by atoms with Gasteiger partial charge in [0.05, 0.1) is 18.4 Å². The predicted octanol–water partition coefficient (Wildman–Crippen LogP) is 4.46. The van der Waals surface area contributed by atoms with Crippen molar-refractivity contribution in [1.29, 1.82) is 0 Å². The van der Waals surface area contributed by atoms with Gasteiger partial charge in [-0.2, -0.15) is 0 Å². The Labute approximate surface area is 137 Å². The van der Waals surface area contributed by atoms with Crippen molar-refractivity contribution in [2.24, 2.45) is 7.05 Å². The molecule has 0 bridgehead atoms. The minimum absolute atomic E-state index is 0.360. The molecule has 0 aliphatic heterocycles. The third-order valence-electron chi connectivity index (χ3n) is 4.50. The van der Waals surface area contributed by atoms with Crippen LogP contribution < -0.4 is 0 Å². The van der Waals surface area contributed by atoms with Crippen LogP contribution in [0.3, 0.4) is 0 Å². The number of hydrogen-bond acceptors (Lipinski definition) is 3. The number of methoxy groups -OCH3 is 1. The van der Waals surface area contributed by atoms with Crippen molar-refractivity contribution in [2.75, 3.05) is 7.11 Å². The van der Waals surface area contributed by atoms with Gasteiger partial charge in [-0.05, 0) is 36.5 Å². The van der Waals surface area contributed by atoms with Gasteiger partial charge < -0.3 is 9.30 Å². The molecule has 0 unspecified atom stereocenters. The fourth-order valence-corrected chi connectivity index (χ4v) is 3.43. The summed E-state index contributed by atoms with van der Waals surface area (Å²) in [4.78, 5) is 23.5. The predicted molar refractivity (Wildman–Crippen MR) is 92.2 cm³/mol. The minimum Gasteiger partial charge on any atom is -0.465 e. The summed E-state index contributed by atoms with van der Waals surface area (Å²) < 4.78 is 6.69. The lowest BCUT2D eigenvalue weighted by molar-refractivity contribution is 0.0601. The lowest BCUT2D eigenvalue weighted by atomic mass is 9.88. The smallest absolute Gasteiger partial charge is 0.337 e. The number of aldehydes is 1. The largest absolute Gasteiger partial charge is 0.465 e. The summed E-state index contributed by atoms with van der Waals surface area (Å²) >= 11 is 0. The number of aromatic nitrogens is 1. The Kier molecular flexibility index (Phi) is 5.59. The number of carbonyl (C=O) groups is 2. The normalized spacial score (nSPS) is 11.2. The van der Waals surface area contributed by atoms with Gasteiger partial charge in [0, 0.05) is 18.0 Å². The van der Waals surface area contributed by atoms with Crippen LogP contribution in [-0.2, 0) is 11.8 Å². The van der Waals surface area contributed by atoms with Crippen LogP contribution in [0.2, 0.25) is 0 Å². The van der Waals surface area contributed by atoms with E-state index in [0.717, 1.165) is 48.4 Å². The standard InChI is InChI=1S/C19H25NO3/c1-5-7-13(8-6-2)18-15-10-9-14(19(22)23-4)11-16(15)20(3)17(18)12-21/h9-13H,5-8H2,1-4H3. The van der Waals surface area contributed by atoms with E-state index >= 15 is 0 Å². The second-order valence-electron chi connectivity index (χ2n) is 5.97. The monoisotopic (exact) mass is 315 g/mol. The zero-order valence-corrected chi connectivity index (χ0v) is 14.4. The molecule has 0 saturated carbocycles. The molecule has 0 aliphatic rings. The molecule has 0 saturated heterocycles. The molecule has 2 aromatic rings. The van der Waals surface area contributed by atoms with Gasteiger partial charge in [-0.1, -0.05) is 32.8 Å². The Bertz CT molecular complexity index is 709. The molecule has 124 valence electrons. The number of hydrogen-bond donors (Lipinski definition) is 0. The summed E-state index contributed by atoms with van der Waals surface area (Å²) in [5, 5.41) is 1.06. The van der Waals surface area contributed by atoms with Crippen LogP contribution in [0.1, 0.15) is 71.9 Å². The minimum atomic E-state index is -0.360. The van der Waals surface area contributed by atoms with Crippen molar-refractivity contribution < 1.29 is 14.3 Å². The number of fused-ring (bicyclic) bond motifs is 1. The highest BCUT2D eigenvalue weighted by atomic mass is 16.5. The molecule has 0 N–H and O–H groups in total. The number of aryl methyl sites for hydroxylation is 1. The van der Waals surface area contributed by atoms with Gasteiger partial charge in [-0.15, -0.1) is 0 Å². The SMILES string of the molecule is CCCC(CCC)c1c(C=O)n(C)c2cc(C(=O)OC)ccc12. The first kappa shape index (κ1) is 17.3. The van der Waals surface area contributed by atoms with E-state index in [1.807, 2.05) is 23.7 Å². The van der Waals surface area contributed by atoms with Gasteiger partial charge in [-0.3, -0.25) is 4.79 Å². The molecule has 4 heteroatoms. The molecule has 1 aromatic heterocycles. The fourth-order valence-electron chi connectivity index (χ4n) is 3.43. The molecule has 0 fully saturated rings. The van der Waals surface area contributed by atoms with E-state index in [4.69, 9.17) is 4.74 Å². The lowest BCUT2D eigenvalue weighted by Crippen LogP contribution is -2.03. The maximum absolute atomic E-state index is 11.8. The summed E-state index contributed by atoms with van der Waals surface area (Å²) in [5.74, 6) is 0.0128. The van der Waals surface area contributed by atoms with Gasteiger partial charge in [0.2, 0.25) is 0 Å². The first-order valence-electron chi connectivity index (χ1n) is 8.24. The van der Waals surface area contributed by atoms with Crippen molar-refractivity contribution in [1.82, 2.24) is 4.57 Å². The average molecular weight is 315 g/mol. The number of nitrogens with zero attached hydrogens (tertiary/aromatic N) is 1. The molecule has 2 rings (SSSR count). The highest BCUT2D eigenvalue weighted by Gasteiger charge is 2.22. The molecule has 0 amide bonds. The van der Waals surface area contributed by atoms with Crippen molar-refractivity contribution in [3.8, 4) is 0 Å². The van der Waals surface area contributed by atoms with Crippen LogP contribution in [0, 0.1) is 0 Å². The van der Waals surface area contributed by atoms with Crippen LogP contribution in [0.25, 0.3) is 10.9 Å². The number of esters is 1. The van der Waals surface area contributed by atoms with Gasteiger partial charge in [-0.25, -0.2) is 4.79 Å². The Morgan fingerprint density at radius 3 is 2.43 bits per heavy atom. The topological polar surface area (TPSA) is 48.3 Å². The number of carbonyl (C=O) groups excluding carboxylic acids is 2. The maximum atomic E-state index is 11.8. The van der Waals surface area contributed by atoms with E-state index in [2.05, 4.69) is 13.8 Å². The highest BCUT2D eigenvalue weighted by molar-refractivity contribution is 5.99. The fraction of sp³-hybridized carbons (Fsp3) is 0.474. The van der Waals surface area contributed by atoms with Gasteiger partial charge >= 0.3 is 5.97 Å². The summed E-state index contributed by atoms with van der Waals surface area (Å²) in [6.07, 6.45) is 5.23. The first-order chi connectivity index (χ1) is 11.1. The maximum Gasteiger partial charge on any atom is 0.337 e. The molecule has 4 nitrogen and oxygen atoms in total. The molecule has 0 atom stereocenters. The van der Waals surface area contributed by atoms with Crippen molar-refractivity contribution in [3.63, 3.8) is 0 Å². The van der Waals surface area contributed by atoms with Gasteiger partial charge in [0.1, 0.15) is 0 Å². The molecular weight excluding hydrogens is 290 g/mol. The zero-order chi connectivity index (χ0) is 17.0. The zero-order valence-electron chi connectivity index (χ0n) is 14.4. The third-order valence-corrected chi connectivity index (χ3v) is 4.50. The molecule has 23 heavy (non-hydrogen) atoms. The Morgan fingerprint density at radius 1 is 1.26 bits per heavy atom. The van der Waals surface area contributed by atoms with Crippen LogP contribution >= 0.6 is 0 Å². The second-order valence-corrected chi connectivity index (χ2v) is 5.97. The Balaban J connectivity index is 2.68. The van der Waals surface area contributed by atoms with Crippen molar-refractivity contribution in [3.05, 3.63) is 35.0 Å². The molecule has 0 aliphatic carbocycles. The second kappa shape index (κ2) is 7.44. The van der Waals surface area contributed by atoms with Gasteiger partial charge in [0.15, 0.2) is 6.29 Å². The number of rotatable bonds is 7. The molecule has 0 radical (unpaired) electrons. The molecule has 1 aromatic carbocycles. The quantitative estimate of drug-likeness (QED) is 0.560. The summed E-state index contributed by atoms with van der Waals surface area (Å²) in [6, 6.07) is 5.54. The molecular formula is C19H25NO3. The van der Waals surface area contributed by atoms with E-state index in [-0.39, 0.29) is 5.97 Å². The van der Waals surface area contributed by atoms with E-state index in [9.17, 15) is 9.59 Å². The van der Waals surface area contributed by atoms with Crippen LogP contribution in [-0.4, -0.2) is 23.9 Å². The van der Waals surface area contributed by atoms with Crippen LogP contribution in [0.5, 0.6) is 0 Å². The first-order valence-corrected chi connectivity index (χ1v) is 8.24. The molecule has 0 spiro atoms. The van der Waals surface area contributed by atoms with Gasteiger partial charge in [0.25, 0.3) is 0 Å². The number of ether oxygens (including phenoxy) is 1. The van der Waals surface area contributed by atoms with Crippen molar-refractivity contribution >= 4 is 23.2 Å². The Hall–Kier alpha value is -2.10. The summed E-state index contributed by atoms with van der Waals surface area (Å²) in [7, 11) is 3.25. The molecule has 1 heterocycles. The third kappa shape index (κ3) is 3.16. The average Bonchev–Trinajstić information content (AvgIpc) is 2.85. The van der Waals surface area contributed by atoms with Crippen LogP contribution in [0.15, 0.2) is 18.2 Å². The van der Waals surface area contributed by atoms with Crippen molar-refractivity contribution in [2.45, 2.75) is 45.4 Å². The van der Waals surface area contributed by atoms with E-state index in [1.165, 1.54) is 7.11 Å². The van der Waals surface area contributed by atoms with Crippen LogP contribution in [0.4, 0.5) is 0 Å². The summed E-state index contributed by atoms with van der Waals surface area (Å²) in [5.41, 5.74) is 3.25. The lowest BCUT2D eigenvalue weighted by Gasteiger charge is -2.16. The van der Waals surface area contributed by atoms with E-state index in [0.29, 0.717) is 17.2 Å². The van der Waals surface area contributed by atoms with E-state index < -0.39 is 0 Å². The Morgan fingerprint density at radius 2 is 1.91 bits per heavy atom. The van der Waals surface area contributed by atoms with E-state index in [1.54, 1.807) is 6.07 Å². The summed E-state index contributed by atoms with van der Waals surface area (Å²) in [6.45, 7) is 4.34. The number of benzene rings is 1.